The van der Waals surface area contributed by atoms with Crippen LogP contribution in [-0.2, 0) is 0 Å². The number of hydrogen-bond donors (Lipinski definition) is 1. The molecule has 0 amide bonds. The van der Waals surface area contributed by atoms with Gasteiger partial charge in [0.2, 0.25) is 0 Å². The van der Waals surface area contributed by atoms with Gasteiger partial charge >= 0.3 is 0 Å². The zero-order valence-electron chi connectivity index (χ0n) is 9.43. The maximum absolute atomic E-state index is 5.80. The Labute approximate surface area is 103 Å². The third kappa shape index (κ3) is 1.91. The quantitative estimate of drug-likeness (QED) is 0.727. The highest BCUT2D eigenvalue weighted by atomic mass is 15.3. The molecule has 0 aromatic carbocycles. The second-order valence-corrected chi connectivity index (χ2v) is 3.66. The molecule has 0 spiro atoms. The van der Waals surface area contributed by atoms with Crippen molar-refractivity contribution in [3.63, 3.8) is 0 Å². The number of anilines is 1. The van der Waals surface area contributed by atoms with Crippen LogP contribution in [-0.4, -0.2) is 24.7 Å². The normalized spacial score (nSPS) is 10.4. The molecule has 0 aliphatic carbocycles. The van der Waals surface area contributed by atoms with E-state index in [0.717, 1.165) is 11.3 Å². The Morgan fingerprint density at radius 1 is 1.06 bits per heavy atom. The van der Waals surface area contributed by atoms with Gasteiger partial charge in [-0.25, -0.2) is 9.67 Å². The molecule has 0 fully saturated rings. The van der Waals surface area contributed by atoms with Crippen LogP contribution in [0.3, 0.4) is 0 Å². The third-order valence-corrected chi connectivity index (χ3v) is 2.42. The molecule has 3 aromatic rings. The first-order valence-corrected chi connectivity index (χ1v) is 5.38. The van der Waals surface area contributed by atoms with E-state index in [-0.39, 0.29) is 0 Å². The van der Waals surface area contributed by atoms with Crippen LogP contribution in [0.5, 0.6) is 0 Å². The van der Waals surface area contributed by atoms with E-state index in [0.29, 0.717) is 11.8 Å². The predicted octanol–water partition coefficient (Wildman–Crippen LogP) is 1.31. The van der Waals surface area contributed by atoms with Crippen LogP contribution in [0.15, 0.2) is 49.1 Å². The van der Waals surface area contributed by atoms with E-state index in [1.807, 2.05) is 12.1 Å². The fraction of sp³-hybridized carbons (Fsp3) is 0. The lowest BCUT2D eigenvalue weighted by atomic mass is 10.2. The lowest BCUT2D eigenvalue weighted by molar-refractivity contribution is 0.812. The highest BCUT2D eigenvalue weighted by Gasteiger charge is 2.06. The van der Waals surface area contributed by atoms with E-state index in [2.05, 4.69) is 20.1 Å². The molecule has 3 rings (SSSR count). The minimum Gasteiger partial charge on any atom is -0.384 e. The summed E-state index contributed by atoms with van der Waals surface area (Å²) in [6.45, 7) is 0. The summed E-state index contributed by atoms with van der Waals surface area (Å²) in [7, 11) is 0. The molecule has 0 atom stereocenters. The standard InChI is InChI=1S/C12H10N6/c13-11-8-10(9-2-5-14-6-3-9)16-12(17-11)18-7-1-4-15-18/h1-8H,(H2,13,16,17). The summed E-state index contributed by atoms with van der Waals surface area (Å²) in [6, 6.07) is 7.27. The Kier molecular flexibility index (Phi) is 2.45. The number of nitrogen functional groups attached to an aromatic ring is 1. The summed E-state index contributed by atoms with van der Waals surface area (Å²) < 4.78 is 1.57. The van der Waals surface area contributed by atoms with Gasteiger partial charge in [-0.3, -0.25) is 4.98 Å². The first-order chi connectivity index (χ1) is 8.83. The van der Waals surface area contributed by atoms with Gasteiger partial charge in [-0.05, 0) is 18.2 Å². The van der Waals surface area contributed by atoms with Crippen LogP contribution in [0.1, 0.15) is 0 Å². The van der Waals surface area contributed by atoms with Gasteiger partial charge in [0.1, 0.15) is 5.82 Å². The summed E-state index contributed by atoms with van der Waals surface area (Å²) in [5.74, 6) is 0.856. The molecule has 0 aliphatic rings. The van der Waals surface area contributed by atoms with Crippen molar-refractivity contribution < 1.29 is 0 Å². The predicted molar refractivity (Wildman–Crippen MR) is 66.8 cm³/mol. The van der Waals surface area contributed by atoms with Crippen molar-refractivity contribution in [3.8, 4) is 17.2 Å². The first kappa shape index (κ1) is 10.4. The van der Waals surface area contributed by atoms with Crippen molar-refractivity contribution in [2.24, 2.45) is 0 Å². The van der Waals surface area contributed by atoms with E-state index in [4.69, 9.17) is 5.73 Å². The van der Waals surface area contributed by atoms with E-state index in [1.54, 1.807) is 41.6 Å². The van der Waals surface area contributed by atoms with Gasteiger partial charge in [0.25, 0.3) is 5.95 Å². The van der Waals surface area contributed by atoms with Crippen molar-refractivity contribution in [1.82, 2.24) is 24.7 Å². The SMILES string of the molecule is Nc1cc(-c2ccncc2)nc(-n2cccn2)n1. The highest BCUT2D eigenvalue weighted by molar-refractivity contribution is 5.61. The number of aromatic nitrogens is 5. The fourth-order valence-electron chi connectivity index (χ4n) is 1.61. The van der Waals surface area contributed by atoms with Gasteiger partial charge in [0, 0.05) is 36.4 Å². The maximum Gasteiger partial charge on any atom is 0.253 e. The molecule has 88 valence electrons. The van der Waals surface area contributed by atoms with Gasteiger partial charge in [0.05, 0.1) is 5.69 Å². The molecule has 2 N–H and O–H groups in total. The first-order valence-electron chi connectivity index (χ1n) is 5.38. The van der Waals surface area contributed by atoms with Crippen LogP contribution in [0, 0.1) is 0 Å². The van der Waals surface area contributed by atoms with Crippen molar-refractivity contribution in [2.45, 2.75) is 0 Å². The number of pyridine rings is 1. The average Bonchev–Trinajstić information content (AvgIpc) is 2.93. The fourth-order valence-corrected chi connectivity index (χ4v) is 1.61. The average molecular weight is 238 g/mol. The number of hydrogen-bond acceptors (Lipinski definition) is 5. The van der Waals surface area contributed by atoms with Crippen molar-refractivity contribution >= 4 is 5.82 Å². The molecular weight excluding hydrogens is 228 g/mol. The van der Waals surface area contributed by atoms with E-state index in [9.17, 15) is 0 Å². The molecule has 0 unspecified atom stereocenters. The molecule has 6 heteroatoms. The van der Waals surface area contributed by atoms with Gasteiger partial charge < -0.3 is 5.73 Å². The van der Waals surface area contributed by atoms with Crippen molar-refractivity contribution in [3.05, 3.63) is 49.1 Å². The summed E-state index contributed by atoms with van der Waals surface area (Å²) in [5, 5.41) is 4.09. The molecule has 3 heterocycles. The molecule has 0 saturated carbocycles. The summed E-state index contributed by atoms with van der Waals surface area (Å²) in [5.41, 5.74) is 7.48. The summed E-state index contributed by atoms with van der Waals surface area (Å²) in [4.78, 5) is 12.6. The smallest absolute Gasteiger partial charge is 0.253 e. The van der Waals surface area contributed by atoms with Crippen molar-refractivity contribution in [2.75, 3.05) is 5.73 Å². The minimum atomic E-state index is 0.405. The Hall–Kier alpha value is -2.76. The number of nitrogens with two attached hydrogens (primary N) is 1. The Morgan fingerprint density at radius 3 is 2.61 bits per heavy atom. The largest absolute Gasteiger partial charge is 0.384 e. The van der Waals surface area contributed by atoms with E-state index in [1.165, 1.54) is 0 Å². The lowest BCUT2D eigenvalue weighted by Crippen LogP contribution is -2.05. The molecule has 18 heavy (non-hydrogen) atoms. The Bertz CT molecular complexity index is 648. The van der Waals surface area contributed by atoms with Crippen molar-refractivity contribution in [1.29, 1.82) is 0 Å². The molecule has 3 aromatic heterocycles. The highest BCUT2D eigenvalue weighted by Crippen LogP contribution is 2.18. The lowest BCUT2D eigenvalue weighted by Gasteiger charge is -2.05. The van der Waals surface area contributed by atoms with Gasteiger partial charge in [-0.2, -0.15) is 10.1 Å². The van der Waals surface area contributed by atoms with Crippen LogP contribution in [0.25, 0.3) is 17.2 Å². The molecule has 0 aliphatic heterocycles. The Balaban J connectivity index is 2.12. The van der Waals surface area contributed by atoms with Crippen LogP contribution >= 0.6 is 0 Å². The minimum absolute atomic E-state index is 0.405. The van der Waals surface area contributed by atoms with Crippen LogP contribution < -0.4 is 5.73 Å². The number of nitrogens with zero attached hydrogens (tertiary/aromatic N) is 5. The molecule has 6 nitrogen and oxygen atoms in total. The van der Waals surface area contributed by atoms with Gasteiger partial charge in [0.15, 0.2) is 0 Å². The Morgan fingerprint density at radius 2 is 1.89 bits per heavy atom. The van der Waals surface area contributed by atoms with E-state index >= 15 is 0 Å². The third-order valence-electron chi connectivity index (χ3n) is 2.42. The van der Waals surface area contributed by atoms with Gasteiger partial charge in [-0.1, -0.05) is 0 Å². The molecule has 0 bridgehead atoms. The van der Waals surface area contributed by atoms with Crippen LogP contribution in [0.2, 0.25) is 0 Å². The summed E-state index contributed by atoms with van der Waals surface area (Å²) in [6.07, 6.45) is 6.85. The van der Waals surface area contributed by atoms with Crippen LogP contribution in [0.4, 0.5) is 5.82 Å². The maximum atomic E-state index is 5.80. The second kappa shape index (κ2) is 4.25. The van der Waals surface area contributed by atoms with Gasteiger partial charge in [-0.15, -0.1) is 0 Å². The number of rotatable bonds is 2. The zero-order valence-corrected chi connectivity index (χ0v) is 9.43. The zero-order chi connectivity index (χ0) is 12.4. The molecule has 0 saturated heterocycles. The topological polar surface area (TPSA) is 82.5 Å². The molecule has 0 radical (unpaired) electrons. The second-order valence-electron chi connectivity index (χ2n) is 3.66. The summed E-state index contributed by atoms with van der Waals surface area (Å²) >= 11 is 0. The monoisotopic (exact) mass is 238 g/mol. The molecular formula is C12H10N6. The van der Waals surface area contributed by atoms with E-state index < -0.39 is 0 Å².